The summed E-state index contributed by atoms with van der Waals surface area (Å²) in [5.74, 6) is -0.586. The van der Waals surface area contributed by atoms with Gasteiger partial charge in [0.15, 0.2) is 18.1 Å². The van der Waals surface area contributed by atoms with E-state index in [4.69, 9.17) is 25.8 Å². The fourth-order valence-corrected chi connectivity index (χ4v) is 4.99. The maximum Gasteiger partial charge on any atom is 0.337 e. The van der Waals surface area contributed by atoms with Gasteiger partial charge in [-0.25, -0.2) is 13.2 Å². The molecule has 0 unspecified atom stereocenters. The number of nitrogens with one attached hydrogen (secondary N) is 1. The molecule has 0 radical (unpaired) electrons. The molecular formula is C21H23ClN2O8S. The Balaban J connectivity index is 1.69. The van der Waals surface area contributed by atoms with Crippen molar-refractivity contribution in [1.82, 2.24) is 4.31 Å². The number of sulfonamides is 1. The number of nitrogens with zero attached hydrogens (tertiary/aromatic N) is 1. The Morgan fingerprint density at radius 1 is 1.09 bits per heavy atom. The van der Waals surface area contributed by atoms with Crippen molar-refractivity contribution < 1.29 is 37.0 Å². The third-order valence-electron chi connectivity index (χ3n) is 4.75. The molecule has 0 saturated carbocycles. The summed E-state index contributed by atoms with van der Waals surface area (Å²) in [6, 6.07) is 8.58. The molecule has 0 aliphatic carbocycles. The minimum absolute atomic E-state index is 0.0474. The second-order valence-electron chi connectivity index (χ2n) is 6.86. The fourth-order valence-electron chi connectivity index (χ4n) is 3.08. The number of benzene rings is 2. The second kappa shape index (κ2) is 10.8. The molecule has 10 nitrogen and oxygen atoms in total. The standard InChI is InChI=1S/C21H23ClN2O8S/c1-29-18-11-14(21(26)30-2)3-6-17(18)32-13-20(25)23-15-4-5-16(22)19(12-15)33(27,28)24-7-9-31-10-8-24/h3-6,11-12H,7-10,13H2,1-2H3,(H,23,25). The van der Waals surface area contributed by atoms with Crippen LogP contribution in [0.25, 0.3) is 0 Å². The van der Waals surface area contributed by atoms with Gasteiger partial charge < -0.3 is 24.3 Å². The first-order valence-corrected chi connectivity index (χ1v) is 11.6. The Kier molecular flexibility index (Phi) is 8.14. The third kappa shape index (κ3) is 5.93. The third-order valence-corrected chi connectivity index (χ3v) is 7.13. The van der Waals surface area contributed by atoms with Crippen LogP contribution in [-0.4, -0.2) is 71.7 Å². The van der Waals surface area contributed by atoms with Crippen molar-refractivity contribution in [1.29, 1.82) is 0 Å². The maximum absolute atomic E-state index is 12.9. The molecule has 1 heterocycles. The summed E-state index contributed by atoms with van der Waals surface area (Å²) in [4.78, 5) is 23.9. The highest BCUT2D eigenvalue weighted by Gasteiger charge is 2.28. The van der Waals surface area contributed by atoms with Crippen molar-refractivity contribution in [3.8, 4) is 11.5 Å². The zero-order chi connectivity index (χ0) is 24.0. The smallest absolute Gasteiger partial charge is 0.337 e. The number of anilines is 1. The number of methoxy groups -OCH3 is 2. The van der Waals surface area contributed by atoms with Gasteiger partial charge in [-0.3, -0.25) is 4.79 Å². The molecule has 1 saturated heterocycles. The van der Waals surface area contributed by atoms with Gasteiger partial charge in [0, 0.05) is 18.8 Å². The highest BCUT2D eigenvalue weighted by molar-refractivity contribution is 7.89. The Labute approximate surface area is 196 Å². The lowest BCUT2D eigenvalue weighted by Crippen LogP contribution is -2.40. The van der Waals surface area contributed by atoms with Crippen LogP contribution in [0.4, 0.5) is 5.69 Å². The van der Waals surface area contributed by atoms with Gasteiger partial charge in [0.1, 0.15) is 4.90 Å². The van der Waals surface area contributed by atoms with Gasteiger partial charge in [-0.05, 0) is 36.4 Å². The van der Waals surface area contributed by atoms with Gasteiger partial charge in [0.25, 0.3) is 5.91 Å². The number of hydrogen-bond acceptors (Lipinski definition) is 8. The minimum atomic E-state index is -3.84. The van der Waals surface area contributed by atoms with E-state index in [-0.39, 0.29) is 52.4 Å². The molecule has 1 amide bonds. The summed E-state index contributed by atoms with van der Waals surface area (Å²) in [7, 11) is -1.19. The molecule has 1 aliphatic rings. The molecule has 178 valence electrons. The van der Waals surface area contributed by atoms with Crippen LogP contribution < -0.4 is 14.8 Å². The van der Waals surface area contributed by atoms with Crippen LogP contribution >= 0.6 is 11.6 Å². The summed E-state index contributed by atoms with van der Waals surface area (Å²) >= 11 is 6.14. The molecule has 3 rings (SSSR count). The van der Waals surface area contributed by atoms with E-state index < -0.39 is 21.9 Å². The van der Waals surface area contributed by atoms with E-state index in [9.17, 15) is 18.0 Å². The number of ether oxygens (including phenoxy) is 4. The Morgan fingerprint density at radius 3 is 2.48 bits per heavy atom. The van der Waals surface area contributed by atoms with Crippen LogP contribution in [-0.2, 0) is 24.3 Å². The lowest BCUT2D eigenvalue weighted by molar-refractivity contribution is -0.118. The highest BCUT2D eigenvalue weighted by Crippen LogP contribution is 2.30. The molecule has 0 aromatic heterocycles. The largest absolute Gasteiger partial charge is 0.493 e. The van der Waals surface area contributed by atoms with E-state index in [1.165, 1.54) is 54.9 Å². The number of carbonyl (C=O) groups excluding carboxylic acids is 2. The van der Waals surface area contributed by atoms with E-state index in [0.717, 1.165) is 0 Å². The van der Waals surface area contributed by atoms with Crippen LogP contribution in [0.15, 0.2) is 41.3 Å². The molecule has 0 atom stereocenters. The van der Waals surface area contributed by atoms with Crippen molar-refractivity contribution in [3.63, 3.8) is 0 Å². The predicted molar refractivity (Wildman–Crippen MR) is 119 cm³/mol. The number of halogens is 1. The van der Waals surface area contributed by atoms with Crippen LogP contribution in [0, 0.1) is 0 Å². The van der Waals surface area contributed by atoms with Crippen molar-refractivity contribution in [3.05, 3.63) is 47.0 Å². The zero-order valence-corrected chi connectivity index (χ0v) is 19.6. The normalized spacial score (nSPS) is 14.4. The number of morpholine rings is 1. The first-order valence-electron chi connectivity index (χ1n) is 9.82. The number of hydrogen-bond donors (Lipinski definition) is 1. The molecular weight excluding hydrogens is 476 g/mol. The lowest BCUT2D eigenvalue weighted by Gasteiger charge is -2.26. The lowest BCUT2D eigenvalue weighted by atomic mass is 10.2. The Hall–Kier alpha value is -2.86. The second-order valence-corrected chi connectivity index (χ2v) is 9.17. The van der Waals surface area contributed by atoms with Crippen LogP contribution in [0.2, 0.25) is 5.02 Å². The molecule has 1 aliphatic heterocycles. The topological polar surface area (TPSA) is 120 Å². The first-order chi connectivity index (χ1) is 15.8. The van der Waals surface area contributed by atoms with Gasteiger partial charge in [0.2, 0.25) is 10.0 Å². The van der Waals surface area contributed by atoms with E-state index in [1.54, 1.807) is 0 Å². The quantitative estimate of drug-likeness (QED) is 0.550. The Morgan fingerprint density at radius 2 is 1.82 bits per heavy atom. The van der Waals surface area contributed by atoms with Gasteiger partial charge in [-0.15, -0.1) is 0 Å². The summed E-state index contributed by atoms with van der Waals surface area (Å²) in [5, 5.41) is 2.63. The number of esters is 1. The fraction of sp³-hybridized carbons (Fsp3) is 0.333. The number of rotatable bonds is 8. The summed E-state index contributed by atoms with van der Waals surface area (Å²) in [6.07, 6.45) is 0. The number of carbonyl (C=O) groups is 2. The first kappa shape index (κ1) is 24.8. The summed E-state index contributed by atoms with van der Waals surface area (Å²) in [5.41, 5.74) is 0.508. The molecule has 33 heavy (non-hydrogen) atoms. The van der Waals surface area contributed by atoms with Gasteiger partial charge >= 0.3 is 5.97 Å². The van der Waals surface area contributed by atoms with E-state index in [2.05, 4.69) is 10.1 Å². The minimum Gasteiger partial charge on any atom is -0.493 e. The van der Waals surface area contributed by atoms with Crippen molar-refractivity contribution >= 4 is 39.2 Å². The molecule has 2 aromatic rings. The summed E-state index contributed by atoms with van der Waals surface area (Å²) in [6.45, 7) is 0.658. The van der Waals surface area contributed by atoms with Crippen LogP contribution in [0.3, 0.4) is 0 Å². The van der Waals surface area contributed by atoms with E-state index in [0.29, 0.717) is 13.2 Å². The van der Waals surface area contributed by atoms with E-state index >= 15 is 0 Å². The highest BCUT2D eigenvalue weighted by atomic mass is 35.5. The zero-order valence-electron chi connectivity index (χ0n) is 18.0. The molecule has 1 N–H and O–H groups in total. The van der Waals surface area contributed by atoms with Gasteiger partial charge in [0.05, 0.1) is 38.0 Å². The molecule has 0 spiro atoms. The number of amides is 1. The average Bonchev–Trinajstić information content (AvgIpc) is 2.83. The van der Waals surface area contributed by atoms with Gasteiger partial charge in [-0.1, -0.05) is 11.6 Å². The molecule has 1 fully saturated rings. The van der Waals surface area contributed by atoms with Crippen LogP contribution in [0.1, 0.15) is 10.4 Å². The molecule has 2 aromatic carbocycles. The van der Waals surface area contributed by atoms with Crippen LogP contribution in [0.5, 0.6) is 11.5 Å². The average molecular weight is 499 g/mol. The molecule has 0 bridgehead atoms. The van der Waals surface area contributed by atoms with Gasteiger partial charge in [-0.2, -0.15) is 4.31 Å². The predicted octanol–water partition coefficient (Wildman–Crippen LogP) is 2.17. The van der Waals surface area contributed by atoms with Crippen molar-refractivity contribution in [2.45, 2.75) is 4.90 Å². The molecule has 12 heteroatoms. The Bertz CT molecular complexity index is 1130. The maximum atomic E-state index is 12.9. The SMILES string of the molecule is COC(=O)c1ccc(OCC(=O)Nc2ccc(Cl)c(S(=O)(=O)N3CCOCC3)c2)c(OC)c1. The van der Waals surface area contributed by atoms with Crippen molar-refractivity contribution in [2.24, 2.45) is 0 Å². The monoisotopic (exact) mass is 498 g/mol. The van der Waals surface area contributed by atoms with Crippen molar-refractivity contribution in [2.75, 3.05) is 52.4 Å². The summed E-state index contributed by atoms with van der Waals surface area (Å²) < 4.78 is 47.7. The van der Waals surface area contributed by atoms with E-state index in [1.807, 2.05) is 0 Å².